The number of ketones is 1. The molecule has 0 saturated heterocycles. The minimum absolute atomic E-state index is 0.0565. The topological polar surface area (TPSA) is 110 Å². The molecule has 2 heterocycles. The average molecular weight is 529 g/mol. The summed E-state index contributed by atoms with van der Waals surface area (Å²) in [5.41, 5.74) is 2.07. The number of nitrogens with zero attached hydrogens (tertiary/aromatic N) is 2. The summed E-state index contributed by atoms with van der Waals surface area (Å²) in [6, 6.07) is 17.5. The molecule has 4 rings (SSSR count). The van der Waals surface area contributed by atoms with E-state index in [-0.39, 0.29) is 30.3 Å². The van der Waals surface area contributed by atoms with Crippen LogP contribution in [-0.4, -0.2) is 41.5 Å². The van der Waals surface area contributed by atoms with Crippen molar-refractivity contribution in [3.8, 4) is 28.8 Å². The summed E-state index contributed by atoms with van der Waals surface area (Å²) in [6.45, 7) is 7.08. The van der Waals surface area contributed by atoms with E-state index in [9.17, 15) is 9.59 Å². The quantitative estimate of drug-likeness (QED) is 0.136. The second kappa shape index (κ2) is 12.6. The number of hydrogen-bond donors (Lipinski definition) is 0. The van der Waals surface area contributed by atoms with Crippen molar-refractivity contribution in [2.75, 3.05) is 13.7 Å². The Bertz CT molecular complexity index is 1450. The Hall–Kier alpha value is -4.92. The summed E-state index contributed by atoms with van der Waals surface area (Å²) in [4.78, 5) is 34.3. The number of esters is 1. The fourth-order valence-corrected chi connectivity index (χ4v) is 3.58. The Morgan fingerprint density at radius 2 is 1.90 bits per heavy atom. The van der Waals surface area contributed by atoms with Crippen LogP contribution >= 0.6 is 0 Å². The molecule has 2 aromatic heterocycles. The Kier molecular flexibility index (Phi) is 8.73. The number of methoxy groups -OCH3 is 1. The molecule has 0 aliphatic rings. The first-order valence-electron chi connectivity index (χ1n) is 12.2. The molecule has 0 aliphatic heterocycles. The number of aryl methyl sites for hydroxylation is 1. The monoisotopic (exact) mass is 528 g/mol. The summed E-state index contributed by atoms with van der Waals surface area (Å²) in [6.07, 6.45) is 1.92. The number of ether oxygens (including phenoxy) is 4. The third kappa shape index (κ3) is 6.70. The van der Waals surface area contributed by atoms with E-state index in [1.165, 1.54) is 26.3 Å². The molecule has 0 aliphatic carbocycles. The third-order valence-electron chi connectivity index (χ3n) is 5.68. The first kappa shape index (κ1) is 27.1. The minimum atomic E-state index is -0.958. The molecule has 2 aromatic carbocycles. The van der Waals surface area contributed by atoms with Crippen molar-refractivity contribution in [2.24, 2.45) is 0 Å². The molecular weight excluding hydrogens is 500 g/mol. The van der Waals surface area contributed by atoms with Crippen molar-refractivity contribution < 1.29 is 33.0 Å². The second-order valence-electron chi connectivity index (χ2n) is 8.43. The Balaban J connectivity index is 1.45. The van der Waals surface area contributed by atoms with Gasteiger partial charge in [0.1, 0.15) is 36.2 Å². The summed E-state index contributed by atoms with van der Waals surface area (Å²) in [7, 11) is 1.49. The lowest BCUT2D eigenvalue weighted by atomic mass is 10.0. The van der Waals surface area contributed by atoms with Crippen LogP contribution in [0.3, 0.4) is 0 Å². The van der Waals surface area contributed by atoms with Gasteiger partial charge in [-0.1, -0.05) is 30.9 Å². The van der Waals surface area contributed by atoms with Gasteiger partial charge < -0.3 is 23.4 Å². The normalized spacial score (nSPS) is 11.4. The minimum Gasteiger partial charge on any atom is -0.497 e. The molecule has 39 heavy (non-hydrogen) atoms. The number of pyridine rings is 1. The number of carbonyl (C=O) groups excluding carboxylic acids is 2. The molecule has 0 unspecified atom stereocenters. The van der Waals surface area contributed by atoms with Crippen LogP contribution in [0.5, 0.6) is 17.4 Å². The van der Waals surface area contributed by atoms with Gasteiger partial charge in [-0.3, -0.25) is 4.79 Å². The predicted molar refractivity (Wildman–Crippen MR) is 143 cm³/mol. The van der Waals surface area contributed by atoms with E-state index >= 15 is 0 Å². The van der Waals surface area contributed by atoms with Crippen molar-refractivity contribution in [3.63, 3.8) is 0 Å². The van der Waals surface area contributed by atoms with Crippen LogP contribution in [0.15, 0.2) is 83.9 Å². The van der Waals surface area contributed by atoms with Gasteiger partial charge >= 0.3 is 5.97 Å². The lowest BCUT2D eigenvalue weighted by Crippen LogP contribution is -2.27. The highest BCUT2D eigenvalue weighted by Gasteiger charge is 2.22. The van der Waals surface area contributed by atoms with Gasteiger partial charge in [-0.25, -0.2) is 14.8 Å². The molecule has 0 saturated carbocycles. The Morgan fingerprint density at radius 3 is 2.59 bits per heavy atom. The summed E-state index contributed by atoms with van der Waals surface area (Å²) >= 11 is 0. The molecule has 0 spiro atoms. The van der Waals surface area contributed by atoms with E-state index in [0.717, 1.165) is 5.56 Å². The molecule has 0 bridgehead atoms. The maximum absolute atomic E-state index is 13.3. The molecule has 9 nitrogen and oxygen atoms in total. The van der Waals surface area contributed by atoms with Crippen LogP contribution in [0.1, 0.15) is 34.3 Å². The largest absolute Gasteiger partial charge is 0.497 e. The molecule has 0 N–H and O–H groups in total. The van der Waals surface area contributed by atoms with Crippen molar-refractivity contribution in [2.45, 2.75) is 26.6 Å². The van der Waals surface area contributed by atoms with E-state index in [1.807, 2.05) is 37.3 Å². The number of hydrogen-bond acceptors (Lipinski definition) is 9. The number of oxazole rings is 1. The van der Waals surface area contributed by atoms with Gasteiger partial charge in [0.25, 0.3) is 0 Å². The molecule has 4 aromatic rings. The molecule has 0 radical (unpaired) electrons. The molecule has 200 valence electrons. The van der Waals surface area contributed by atoms with E-state index in [0.29, 0.717) is 34.5 Å². The van der Waals surface area contributed by atoms with Gasteiger partial charge in [0.05, 0.1) is 12.7 Å². The molecular formula is C30H28N2O7. The fourth-order valence-electron chi connectivity index (χ4n) is 3.58. The smallest absolute Gasteiger partial charge is 0.347 e. The summed E-state index contributed by atoms with van der Waals surface area (Å²) < 4.78 is 27.6. The highest BCUT2D eigenvalue weighted by molar-refractivity contribution is 6.10. The molecule has 0 fully saturated rings. The maximum Gasteiger partial charge on any atom is 0.347 e. The van der Waals surface area contributed by atoms with Gasteiger partial charge in [0, 0.05) is 29.5 Å². The van der Waals surface area contributed by atoms with Crippen LogP contribution in [0.4, 0.5) is 0 Å². The summed E-state index contributed by atoms with van der Waals surface area (Å²) in [5, 5.41) is 0. The number of carbonyl (C=O) groups is 2. The second-order valence-corrected chi connectivity index (χ2v) is 8.43. The van der Waals surface area contributed by atoms with Crippen LogP contribution < -0.4 is 14.2 Å². The van der Waals surface area contributed by atoms with Gasteiger partial charge in [0.15, 0.2) is 11.9 Å². The SMILES string of the molecule is C=CCOC(=O)[C@@H](C)Oc1cc(OC)ccc1C(=O)c1ccc(OCc2nc(-c3ccccc3)oc2C)nc1. The lowest BCUT2D eigenvalue weighted by molar-refractivity contribution is -0.149. The van der Waals surface area contributed by atoms with E-state index in [2.05, 4.69) is 16.5 Å². The zero-order chi connectivity index (χ0) is 27.8. The van der Waals surface area contributed by atoms with Crippen LogP contribution in [0.2, 0.25) is 0 Å². The van der Waals surface area contributed by atoms with E-state index in [4.69, 9.17) is 23.4 Å². The van der Waals surface area contributed by atoms with Crippen molar-refractivity contribution in [3.05, 3.63) is 102 Å². The van der Waals surface area contributed by atoms with Gasteiger partial charge in [-0.15, -0.1) is 0 Å². The van der Waals surface area contributed by atoms with Gasteiger partial charge in [-0.2, -0.15) is 0 Å². The van der Waals surface area contributed by atoms with Crippen LogP contribution in [0, 0.1) is 6.92 Å². The van der Waals surface area contributed by atoms with Crippen LogP contribution in [-0.2, 0) is 16.1 Å². The number of benzene rings is 2. The zero-order valence-corrected chi connectivity index (χ0v) is 21.9. The lowest BCUT2D eigenvalue weighted by Gasteiger charge is -2.17. The first-order chi connectivity index (χ1) is 18.9. The fraction of sp³-hybridized carbons (Fsp3) is 0.200. The van der Waals surface area contributed by atoms with Gasteiger partial charge in [0.2, 0.25) is 11.8 Å². The zero-order valence-electron chi connectivity index (χ0n) is 21.9. The maximum atomic E-state index is 13.3. The molecule has 9 heteroatoms. The standard InChI is InChI=1S/C30H28N2O7/c1-5-15-36-30(34)20(3)38-26-16-23(35-4)12-13-24(26)28(33)22-11-14-27(31-17-22)37-18-25-19(2)39-29(32-25)21-9-7-6-8-10-21/h5-14,16-17,20H,1,15,18H2,2-4H3/t20-/m1/s1. The number of aromatic nitrogens is 2. The Labute approximate surface area is 226 Å². The number of rotatable bonds is 12. The predicted octanol–water partition coefficient (Wildman–Crippen LogP) is 5.36. The van der Waals surface area contributed by atoms with Gasteiger partial charge in [-0.05, 0) is 44.2 Å². The van der Waals surface area contributed by atoms with Crippen molar-refractivity contribution in [1.29, 1.82) is 0 Å². The molecule has 1 atom stereocenters. The third-order valence-corrected chi connectivity index (χ3v) is 5.68. The summed E-state index contributed by atoms with van der Waals surface area (Å²) in [5.74, 6) is 1.19. The van der Waals surface area contributed by atoms with E-state index in [1.54, 1.807) is 30.3 Å². The van der Waals surface area contributed by atoms with E-state index < -0.39 is 12.1 Å². The average Bonchev–Trinajstić information content (AvgIpc) is 3.35. The van der Waals surface area contributed by atoms with Crippen molar-refractivity contribution in [1.82, 2.24) is 9.97 Å². The van der Waals surface area contributed by atoms with Crippen molar-refractivity contribution >= 4 is 11.8 Å². The van der Waals surface area contributed by atoms with Crippen LogP contribution in [0.25, 0.3) is 11.5 Å². The highest BCUT2D eigenvalue weighted by Crippen LogP contribution is 2.29. The first-order valence-corrected chi connectivity index (χ1v) is 12.2. The molecule has 0 amide bonds. The highest BCUT2D eigenvalue weighted by atomic mass is 16.6. The Morgan fingerprint density at radius 1 is 1.10 bits per heavy atom.